The highest BCUT2D eigenvalue weighted by Gasteiger charge is 2.13. The Kier molecular flexibility index (Phi) is 5.52. The predicted octanol–water partition coefficient (Wildman–Crippen LogP) is 3.09. The summed E-state index contributed by atoms with van der Waals surface area (Å²) in [4.78, 5) is 29.1. The molecule has 0 spiro atoms. The molecule has 0 aliphatic carbocycles. The van der Waals surface area contributed by atoms with Crippen LogP contribution in [-0.4, -0.2) is 20.7 Å². The maximum absolute atomic E-state index is 12.6. The number of carbonyl (C=O) groups is 1. The topological polar surface area (TPSA) is 86.1 Å². The number of carbonyl (C=O) groups excluding carboxylic acids is 1. The minimum atomic E-state index is -0.229. The zero-order valence-corrected chi connectivity index (χ0v) is 16.4. The van der Waals surface area contributed by atoms with Crippen LogP contribution in [0.15, 0.2) is 77.7 Å². The number of ether oxygens (including phenoxy) is 1. The summed E-state index contributed by atoms with van der Waals surface area (Å²) in [6.07, 6.45) is 1.76. The minimum absolute atomic E-state index is 0.0493. The van der Waals surface area contributed by atoms with Gasteiger partial charge >= 0.3 is 0 Å². The van der Waals surface area contributed by atoms with Gasteiger partial charge in [-0.05, 0) is 30.3 Å². The highest BCUT2D eigenvalue weighted by Crippen LogP contribution is 2.19. The first-order chi connectivity index (χ1) is 14.6. The van der Waals surface area contributed by atoms with Crippen LogP contribution < -0.4 is 15.6 Å². The van der Waals surface area contributed by atoms with Crippen molar-refractivity contribution in [3.8, 4) is 5.75 Å². The van der Waals surface area contributed by atoms with Crippen molar-refractivity contribution in [2.45, 2.75) is 13.0 Å². The van der Waals surface area contributed by atoms with Crippen LogP contribution in [0.3, 0.4) is 0 Å². The van der Waals surface area contributed by atoms with Crippen LogP contribution in [0.2, 0.25) is 0 Å². The number of benzene rings is 2. The van der Waals surface area contributed by atoms with E-state index in [1.807, 2.05) is 36.4 Å². The number of aromatic nitrogens is 3. The quantitative estimate of drug-likeness (QED) is 0.538. The number of rotatable bonds is 6. The molecule has 0 atom stereocenters. The van der Waals surface area contributed by atoms with Crippen LogP contribution in [-0.2, 0) is 24.9 Å². The lowest BCUT2D eigenvalue weighted by molar-refractivity contribution is -0.115. The molecule has 7 nitrogen and oxygen atoms in total. The second kappa shape index (κ2) is 8.57. The Morgan fingerprint density at radius 2 is 1.83 bits per heavy atom. The van der Waals surface area contributed by atoms with Crippen molar-refractivity contribution in [1.29, 1.82) is 0 Å². The zero-order valence-electron chi connectivity index (χ0n) is 16.4. The molecule has 7 heteroatoms. The number of pyridine rings is 1. The van der Waals surface area contributed by atoms with Crippen molar-refractivity contribution in [2.24, 2.45) is 7.05 Å². The average Bonchev–Trinajstić information content (AvgIpc) is 2.77. The molecule has 4 rings (SSSR count). The van der Waals surface area contributed by atoms with Crippen LogP contribution in [0.5, 0.6) is 5.75 Å². The predicted molar refractivity (Wildman–Crippen MR) is 114 cm³/mol. The number of hydrogen-bond acceptors (Lipinski definition) is 5. The standard InChI is InChI=1S/C23H20N4O3/c1-27-23(29)20-11-3-2-10-19(20)21(26-27)14-22(28)25-16-8-6-9-18(13-16)30-15-17-7-4-5-12-24-17/h2-13H,14-15H2,1H3,(H,25,28). The maximum atomic E-state index is 12.6. The molecule has 0 aliphatic rings. The van der Waals surface area contributed by atoms with E-state index >= 15 is 0 Å². The van der Waals surface area contributed by atoms with Crippen LogP contribution in [0, 0.1) is 0 Å². The molecule has 0 bridgehead atoms. The first-order valence-corrected chi connectivity index (χ1v) is 9.48. The summed E-state index contributed by atoms with van der Waals surface area (Å²) in [6, 6.07) is 20.0. The van der Waals surface area contributed by atoms with E-state index in [9.17, 15) is 9.59 Å². The number of nitrogens with one attached hydrogen (secondary N) is 1. The lowest BCUT2D eigenvalue weighted by Gasteiger charge is -2.10. The van der Waals surface area contributed by atoms with Crippen LogP contribution in [0.25, 0.3) is 10.8 Å². The molecule has 4 aromatic rings. The third-order valence-electron chi connectivity index (χ3n) is 4.59. The van der Waals surface area contributed by atoms with Crippen molar-refractivity contribution < 1.29 is 9.53 Å². The zero-order chi connectivity index (χ0) is 20.9. The van der Waals surface area contributed by atoms with E-state index < -0.39 is 0 Å². The molecule has 2 heterocycles. The first kappa shape index (κ1) is 19.3. The lowest BCUT2D eigenvalue weighted by Crippen LogP contribution is -2.24. The van der Waals surface area contributed by atoms with Crippen LogP contribution in [0.1, 0.15) is 11.4 Å². The number of hydrogen-bond donors (Lipinski definition) is 1. The summed E-state index contributed by atoms with van der Waals surface area (Å²) in [5.74, 6) is 0.400. The fourth-order valence-electron chi connectivity index (χ4n) is 3.17. The van der Waals surface area contributed by atoms with Gasteiger partial charge in [0.1, 0.15) is 12.4 Å². The molecule has 1 N–H and O–H groups in total. The van der Waals surface area contributed by atoms with Crippen LogP contribution >= 0.6 is 0 Å². The summed E-state index contributed by atoms with van der Waals surface area (Å²) in [7, 11) is 1.58. The van der Waals surface area contributed by atoms with Gasteiger partial charge in [0.2, 0.25) is 5.91 Å². The Morgan fingerprint density at radius 1 is 1.03 bits per heavy atom. The summed E-state index contributed by atoms with van der Waals surface area (Å²) < 4.78 is 7.02. The highest BCUT2D eigenvalue weighted by molar-refractivity contribution is 5.95. The molecule has 1 amide bonds. The summed E-state index contributed by atoms with van der Waals surface area (Å²) in [5, 5.41) is 8.37. The van der Waals surface area contributed by atoms with Crippen molar-refractivity contribution in [3.63, 3.8) is 0 Å². The van der Waals surface area contributed by atoms with Gasteiger partial charge in [-0.3, -0.25) is 14.6 Å². The minimum Gasteiger partial charge on any atom is -0.487 e. The van der Waals surface area contributed by atoms with Crippen molar-refractivity contribution in [3.05, 3.63) is 94.7 Å². The summed E-state index contributed by atoms with van der Waals surface area (Å²) in [5.41, 5.74) is 1.80. The van der Waals surface area contributed by atoms with Gasteiger partial charge < -0.3 is 10.1 Å². The Hall–Kier alpha value is -4.00. The smallest absolute Gasteiger partial charge is 0.274 e. The van der Waals surface area contributed by atoms with E-state index in [2.05, 4.69) is 15.4 Å². The molecule has 150 valence electrons. The molecule has 2 aromatic heterocycles. The summed E-state index contributed by atoms with van der Waals surface area (Å²) >= 11 is 0. The molecular formula is C23H20N4O3. The van der Waals surface area contributed by atoms with Gasteiger partial charge in [-0.2, -0.15) is 5.10 Å². The number of fused-ring (bicyclic) bond motifs is 1. The van der Waals surface area contributed by atoms with Crippen molar-refractivity contribution in [1.82, 2.24) is 14.8 Å². The van der Waals surface area contributed by atoms with Gasteiger partial charge in [0.05, 0.1) is 23.2 Å². The molecule has 0 saturated heterocycles. The Morgan fingerprint density at radius 3 is 2.63 bits per heavy atom. The van der Waals surface area contributed by atoms with Gasteiger partial charge in [0.25, 0.3) is 5.56 Å². The van der Waals surface area contributed by atoms with Crippen molar-refractivity contribution in [2.75, 3.05) is 5.32 Å². The lowest BCUT2D eigenvalue weighted by atomic mass is 10.1. The highest BCUT2D eigenvalue weighted by atomic mass is 16.5. The van der Waals surface area contributed by atoms with Gasteiger partial charge in [-0.25, -0.2) is 4.68 Å². The third-order valence-corrected chi connectivity index (χ3v) is 4.59. The summed E-state index contributed by atoms with van der Waals surface area (Å²) in [6.45, 7) is 0.339. The molecule has 2 aromatic carbocycles. The number of amides is 1. The Labute approximate surface area is 173 Å². The number of nitrogens with zero attached hydrogens (tertiary/aromatic N) is 3. The van der Waals surface area contributed by atoms with Gasteiger partial charge in [0.15, 0.2) is 0 Å². The third kappa shape index (κ3) is 4.35. The van der Waals surface area contributed by atoms with E-state index in [0.717, 1.165) is 5.69 Å². The first-order valence-electron chi connectivity index (χ1n) is 9.48. The largest absolute Gasteiger partial charge is 0.487 e. The second-order valence-corrected chi connectivity index (χ2v) is 6.78. The fraction of sp³-hybridized carbons (Fsp3) is 0.130. The monoisotopic (exact) mass is 400 g/mol. The molecule has 0 radical (unpaired) electrons. The molecule has 0 fully saturated rings. The van der Waals surface area contributed by atoms with Gasteiger partial charge in [0, 0.05) is 30.4 Å². The van der Waals surface area contributed by atoms with E-state index in [-0.39, 0.29) is 17.9 Å². The van der Waals surface area contributed by atoms with E-state index in [0.29, 0.717) is 34.5 Å². The molecule has 0 aliphatic heterocycles. The number of anilines is 1. The Bertz CT molecular complexity index is 1250. The fourth-order valence-corrected chi connectivity index (χ4v) is 3.17. The molecule has 0 saturated carbocycles. The number of aryl methyl sites for hydroxylation is 1. The van der Waals surface area contributed by atoms with Gasteiger partial charge in [-0.1, -0.05) is 30.3 Å². The van der Waals surface area contributed by atoms with E-state index in [1.165, 1.54) is 4.68 Å². The van der Waals surface area contributed by atoms with Gasteiger partial charge in [-0.15, -0.1) is 0 Å². The molecular weight excluding hydrogens is 380 g/mol. The SMILES string of the molecule is Cn1nc(CC(=O)Nc2cccc(OCc3ccccn3)c2)c2ccccc2c1=O. The molecule has 0 unspecified atom stereocenters. The normalized spacial score (nSPS) is 10.7. The van der Waals surface area contributed by atoms with Crippen LogP contribution in [0.4, 0.5) is 5.69 Å². The molecule has 30 heavy (non-hydrogen) atoms. The van der Waals surface area contributed by atoms with E-state index in [4.69, 9.17) is 4.74 Å². The van der Waals surface area contributed by atoms with E-state index in [1.54, 1.807) is 43.6 Å². The Balaban J connectivity index is 1.47. The second-order valence-electron chi connectivity index (χ2n) is 6.78. The maximum Gasteiger partial charge on any atom is 0.274 e. The van der Waals surface area contributed by atoms with Crippen molar-refractivity contribution >= 4 is 22.4 Å². The average molecular weight is 400 g/mol.